The van der Waals surface area contributed by atoms with Gasteiger partial charge in [0.25, 0.3) is 0 Å². The van der Waals surface area contributed by atoms with Crippen LogP contribution >= 0.6 is 0 Å². The zero-order valence-electron chi connectivity index (χ0n) is 10.6. The highest BCUT2D eigenvalue weighted by Crippen LogP contribution is 2.38. The van der Waals surface area contributed by atoms with Crippen LogP contribution in [-0.4, -0.2) is 30.9 Å². The third kappa shape index (κ3) is 2.25. The molecule has 19 heavy (non-hydrogen) atoms. The van der Waals surface area contributed by atoms with Crippen molar-refractivity contribution in [3.8, 4) is 0 Å². The van der Waals surface area contributed by atoms with Gasteiger partial charge >= 0.3 is 0 Å². The van der Waals surface area contributed by atoms with E-state index < -0.39 is 0 Å². The first kappa shape index (κ1) is 11.1. The van der Waals surface area contributed by atoms with Crippen molar-refractivity contribution in [2.24, 2.45) is 0 Å². The Labute approximate surface area is 110 Å². The average molecular weight is 260 g/mol. The number of nitrogens with one attached hydrogen (secondary N) is 1. The van der Waals surface area contributed by atoms with Crippen LogP contribution in [-0.2, 0) is 19.5 Å². The van der Waals surface area contributed by atoms with Gasteiger partial charge in [0.2, 0.25) is 5.89 Å². The standard InChI is InChI=1S/C12H16N6O/c1-2-8(1)12-16-10(17-19-12)5-13-9-3-4-11-14-7-15-18(11)6-9/h7-9,13H,1-6H2. The van der Waals surface area contributed by atoms with Crippen LogP contribution in [0.25, 0.3) is 0 Å². The zero-order valence-corrected chi connectivity index (χ0v) is 10.6. The molecule has 1 atom stereocenters. The van der Waals surface area contributed by atoms with E-state index in [4.69, 9.17) is 4.52 Å². The molecular weight excluding hydrogens is 244 g/mol. The van der Waals surface area contributed by atoms with Crippen molar-refractivity contribution in [2.75, 3.05) is 0 Å². The first-order valence-electron chi connectivity index (χ1n) is 6.81. The molecule has 1 fully saturated rings. The van der Waals surface area contributed by atoms with Crippen molar-refractivity contribution in [3.63, 3.8) is 0 Å². The summed E-state index contributed by atoms with van der Waals surface area (Å²) in [5, 5.41) is 11.7. The largest absolute Gasteiger partial charge is 0.339 e. The van der Waals surface area contributed by atoms with Gasteiger partial charge in [-0.25, -0.2) is 9.67 Å². The second-order valence-corrected chi connectivity index (χ2v) is 5.30. The van der Waals surface area contributed by atoms with E-state index in [0.29, 0.717) is 18.5 Å². The molecule has 0 bridgehead atoms. The van der Waals surface area contributed by atoms with Crippen LogP contribution in [0.15, 0.2) is 10.9 Å². The molecule has 2 aromatic heterocycles. The minimum absolute atomic E-state index is 0.400. The van der Waals surface area contributed by atoms with Crippen LogP contribution in [0.1, 0.15) is 42.7 Å². The summed E-state index contributed by atoms with van der Waals surface area (Å²) in [6, 6.07) is 0.400. The summed E-state index contributed by atoms with van der Waals surface area (Å²) in [6.07, 6.45) is 6.04. The fourth-order valence-corrected chi connectivity index (χ4v) is 2.48. The van der Waals surface area contributed by atoms with E-state index in [-0.39, 0.29) is 0 Å². The Morgan fingerprint density at radius 1 is 1.37 bits per heavy atom. The van der Waals surface area contributed by atoms with E-state index in [1.807, 2.05) is 4.68 Å². The Kier molecular flexibility index (Phi) is 2.58. The monoisotopic (exact) mass is 260 g/mol. The van der Waals surface area contributed by atoms with Gasteiger partial charge in [-0.05, 0) is 19.3 Å². The quantitative estimate of drug-likeness (QED) is 0.869. The van der Waals surface area contributed by atoms with Crippen LogP contribution in [0, 0.1) is 0 Å². The van der Waals surface area contributed by atoms with Gasteiger partial charge in [0.1, 0.15) is 12.2 Å². The van der Waals surface area contributed by atoms with E-state index in [0.717, 1.165) is 36.9 Å². The lowest BCUT2D eigenvalue weighted by Gasteiger charge is -2.22. The normalized spacial score (nSPS) is 22.4. The third-order valence-electron chi connectivity index (χ3n) is 3.76. The van der Waals surface area contributed by atoms with Gasteiger partial charge in [-0.2, -0.15) is 10.1 Å². The summed E-state index contributed by atoms with van der Waals surface area (Å²) in [7, 11) is 0. The van der Waals surface area contributed by atoms with Crippen LogP contribution in [0.3, 0.4) is 0 Å². The van der Waals surface area contributed by atoms with Gasteiger partial charge in [-0.1, -0.05) is 5.16 Å². The van der Waals surface area contributed by atoms with Gasteiger partial charge in [-0.15, -0.1) is 0 Å². The Hall–Kier alpha value is -1.76. The summed E-state index contributed by atoms with van der Waals surface area (Å²) in [5.74, 6) is 3.16. The molecule has 100 valence electrons. The van der Waals surface area contributed by atoms with E-state index in [2.05, 4.69) is 25.5 Å². The molecular formula is C12H16N6O. The maximum Gasteiger partial charge on any atom is 0.229 e. The lowest BCUT2D eigenvalue weighted by Crippen LogP contribution is -2.37. The van der Waals surface area contributed by atoms with E-state index >= 15 is 0 Å². The molecule has 0 aromatic carbocycles. The molecule has 1 N–H and O–H groups in total. The highest BCUT2D eigenvalue weighted by atomic mass is 16.5. The van der Waals surface area contributed by atoms with Crippen molar-refractivity contribution in [1.29, 1.82) is 0 Å². The van der Waals surface area contributed by atoms with Gasteiger partial charge in [0.05, 0.1) is 13.1 Å². The Morgan fingerprint density at radius 3 is 3.21 bits per heavy atom. The molecule has 0 radical (unpaired) electrons. The molecule has 4 rings (SSSR count). The maximum atomic E-state index is 5.24. The van der Waals surface area contributed by atoms with Gasteiger partial charge in [0.15, 0.2) is 5.82 Å². The van der Waals surface area contributed by atoms with E-state index in [9.17, 15) is 0 Å². The number of rotatable bonds is 4. The number of aryl methyl sites for hydroxylation is 1. The second kappa shape index (κ2) is 4.41. The lowest BCUT2D eigenvalue weighted by molar-refractivity contribution is 0.345. The van der Waals surface area contributed by atoms with E-state index in [1.165, 1.54) is 12.8 Å². The summed E-state index contributed by atoms with van der Waals surface area (Å²) < 4.78 is 7.21. The third-order valence-corrected chi connectivity index (χ3v) is 3.76. The summed E-state index contributed by atoms with van der Waals surface area (Å²) in [4.78, 5) is 8.64. The van der Waals surface area contributed by atoms with Crippen LogP contribution in [0.5, 0.6) is 0 Å². The molecule has 0 saturated heterocycles. The Balaban J connectivity index is 1.34. The van der Waals surface area contributed by atoms with Gasteiger partial charge < -0.3 is 9.84 Å². The maximum absolute atomic E-state index is 5.24. The van der Waals surface area contributed by atoms with Gasteiger partial charge in [-0.3, -0.25) is 0 Å². The van der Waals surface area contributed by atoms with Crippen LogP contribution in [0.2, 0.25) is 0 Å². The fourth-order valence-electron chi connectivity index (χ4n) is 2.48. The van der Waals surface area contributed by atoms with Crippen molar-refractivity contribution >= 4 is 0 Å². The first-order valence-corrected chi connectivity index (χ1v) is 6.81. The topological polar surface area (TPSA) is 81.7 Å². The molecule has 1 aliphatic carbocycles. The lowest BCUT2D eigenvalue weighted by atomic mass is 10.1. The highest BCUT2D eigenvalue weighted by Gasteiger charge is 2.29. The minimum atomic E-state index is 0.400. The molecule has 1 saturated carbocycles. The van der Waals surface area contributed by atoms with Gasteiger partial charge in [0, 0.05) is 18.4 Å². The predicted octanol–water partition coefficient (Wildman–Crippen LogP) is 0.643. The molecule has 2 aromatic rings. The Bertz CT molecular complexity index is 572. The number of hydrogen-bond acceptors (Lipinski definition) is 6. The zero-order chi connectivity index (χ0) is 12.7. The highest BCUT2D eigenvalue weighted by molar-refractivity contribution is 5.01. The summed E-state index contributed by atoms with van der Waals surface area (Å²) >= 11 is 0. The molecule has 7 nitrogen and oxygen atoms in total. The van der Waals surface area contributed by atoms with Crippen LogP contribution in [0.4, 0.5) is 0 Å². The number of fused-ring (bicyclic) bond motifs is 1. The van der Waals surface area contributed by atoms with Crippen LogP contribution < -0.4 is 5.32 Å². The van der Waals surface area contributed by atoms with E-state index in [1.54, 1.807) is 6.33 Å². The van der Waals surface area contributed by atoms with Crippen molar-refractivity contribution in [1.82, 2.24) is 30.2 Å². The Morgan fingerprint density at radius 2 is 2.32 bits per heavy atom. The second-order valence-electron chi connectivity index (χ2n) is 5.30. The fraction of sp³-hybridized carbons (Fsp3) is 0.667. The molecule has 3 heterocycles. The number of hydrogen-bond donors (Lipinski definition) is 1. The first-order chi connectivity index (χ1) is 9.38. The van der Waals surface area contributed by atoms with Crippen molar-refractivity contribution < 1.29 is 4.52 Å². The molecule has 0 amide bonds. The molecule has 7 heteroatoms. The summed E-state index contributed by atoms with van der Waals surface area (Å²) in [6.45, 7) is 1.52. The smallest absolute Gasteiger partial charge is 0.229 e. The molecule has 0 spiro atoms. The minimum Gasteiger partial charge on any atom is -0.339 e. The summed E-state index contributed by atoms with van der Waals surface area (Å²) in [5.41, 5.74) is 0. The molecule has 2 aliphatic rings. The number of nitrogens with zero attached hydrogens (tertiary/aromatic N) is 5. The average Bonchev–Trinajstić information content (AvgIpc) is 3.01. The SMILES string of the molecule is c1nc2n(n1)CC(NCc1noc(C3CC3)n1)CC2. The molecule has 1 unspecified atom stereocenters. The predicted molar refractivity (Wildman–Crippen MR) is 65.2 cm³/mol. The molecule has 1 aliphatic heterocycles. The number of aromatic nitrogens is 5. The van der Waals surface area contributed by atoms with Crippen molar-refractivity contribution in [2.45, 2.75) is 50.7 Å². The van der Waals surface area contributed by atoms with Crippen molar-refractivity contribution in [3.05, 3.63) is 23.9 Å².